The summed E-state index contributed by atoms with van der Waals surface area (Å²) in [6.45, 7) is 1.46. The molecule has 0 aliphatic heterocycles. The number of carbonyl (C=O) groups excluding carboxylic acids is 1. The van der Waals surface area contributed by atoms with Crippen LogP contribution in [0.15, 0.2) is 18.2 Å². The average molecular weight is 190 g/mol. The van der Waals surface area contributed by atoms with Crippen molar-refractivity contribution in [2.75, 3.05) is 0 Å². The van der Waals surface area contributed by atoms with Gasteiger partial charge in [-0.2, -0.15) is 0 Å². The van der Waals surface area contributed by atoms with Gasteiger partial charge in [0.05, 0.1) is 6.61 Å². The number of ether oxygens (including phenoxy) is 1. The van der Waals surface area contributed by atoms with Crippen molar-refractivity contribution in [2.45, 2.75) is 20.1 Å². The third-order valence-electron chi connectivity index (χ3n) is 1.70. The predicted molar refractivity (Wildman–Crippen MR) is 53.2 cm³/mol. The summed E-state index contributed by atoms with van der Waals surface area (Å²) < 4.78 is 4.81. The van der Waals surface area contributed by atoms with Gasteiger partial charge in [0, 0.05) is 6.92 Å². The van der Waals surface area contributed by atoms with Gasteiger partial charge in [-0.15, -0.1) is 0 Å². The zero-order chi connectivity index (χ0) is 10.6. The topological polar surface area (TPSA) is 46.5 Å². The van der Waals surface area contributed by atoms with E-state index in [0.29, 0.717) is 11.0 Å². The molecule has 0 saturated carbocycles. The molecule has 0 heterocycles. The minimum absolute atomic E-state index is 0.0713. The number of hydrogen-bond donors (Lipinski definition) is 1. The highest BCUT2D eigenvalue weighted by atomic mass is 16.5. The van der Waals surface area contributed by atoms with Crippen molar-refractivity contribution in [2.24, 2.45) is 0 Å². The van der Waals surface area contributed by atoms with Crippen LogP contribution in [-0.4, -0.2) is 18.9 Å². The van der Waals surface area contributed by atoms with Crippen LogP contribution < -0.4 is 5.46 Å². The second-order valence-electron chi connectivity index (χ2n) is 3.02. The van der Waals surface area contributed by atoms with Gasteiger partial charge in [0.15, 0.2) is 0 Å². The van der Waals surface area contributed by atoms with E-state index in [1.54, 1.807) is 18.2 Å². The van der Waals surface area contributed by atoms with Gasteiger partial charge in [-0.3, -0.25) is 4.79 Å². The summed E-state index contributed by atoms with van der Waals surface area (Å²) in [6, 6.07) is 5.14. The molecule has 1 aromatic rings. The van der Waals surface area contributed by atoms with Crippen LogP contribution in [0.25, 0.3) is 0 Å². The molecular weight excluding hydrogens is 179 g/mol. The maximum atomic E-state index is 10.6. The first-order valence-electron chi connectivity index (χ1n) is 4.24. The Kier molecular flexibility index (Phi) is 3.71. The van der Waals surface area contributed by atoms with Crippen LogP contribution in [0.1, 0.15) is 18.1 Å². The van der Waals surface area contributed by atoms with Crippen molar-refractivity contribution >= 4 is 19.3 Å². The number of esters is 1. The van der Waals surface area contributed by atoms with Crippen LogP contribution in [-0.2, 0) is 22.7 Å². The highest BCUT2D eigenvalue weighted by Gasteiger charge is 1.99. The van der Waals surface area contributed by atoms with Gasteiger partial charge < -0.3 is 9.84 Å². The molecule has 14 heavy (non-hydrogen) atoms. The Labute approximate surface area is 84.1 Å². The molecule has 0 aliphatic rings. The molecule has 1 aromatic carbocycles. The summed E-state index contributed by atoms with van der Waals surface area (Å²) in [5, 5.41) is 8.90. The molecule has 72 valence electrons. The summed E-state index contributed by atoms with van der Waals surface area (Å²) >= 11 is 0. The maximum absolute atomic E-state index is 10.6. The Morgan fingerprint density at radius 3 is 2.64 bits per heavy atom. The monoisotopic (exact) mass is 190 g/mol. The van der Waals surface area contributed by atoms with E-state index in [-0.39, 0.29) is 19.2 Å². The molecule has 0 unspecified atom stereocenters. The van der Waals surface area contributed by atoms with E-state index in [4.69, 9.17) is 17.7 Å². The van der Waals surface area contributed by atoms with Crippen molar-refractivity contribution in [3.8, 4) is 0 Å². The third-order valence-corrected chi connectivity index (χ3v) is 1.70. The van der Waals surface area contributed by atoms with Crippen LogP contribution in [0, 0.1) is 0 Å². The maximum Gasteiger partial charge on any atom is 0.302 e. The van der Waals surface area contributed by atoms with Crippen molar-refractivity contribution in [3.63, 3.8) is 0 Å². The Morgan fingerprint density at radius 2 is 2.07 bits per heavy atom. The van der Waals surface area contributed by atoms with Crippen LogP contribution >= 0.6 is 0 Å². The fraction of sp³-hybridized carbons (Fsp3) is 0.300. The molecule has 4 heteroatoms. The molecule has 0 atom stereocenters. The highest BCUT2D eigenvalue weighted by molar-refractivity contribution is 6.32. The lowest BCUT2D eigenvalue weighted by molar-refractivity contribution is -0.142. The Bertz CT molecular complexity index is 336. The minimum Gasteiger partial charge on any atom is -0.461 e. The summed E-state index contributed by atoms with van der Waals surface area (Å²) in [7, 11) is 5.59. The van der Waals surface area contributed by atoms with E-state index in [1.807, 2.05) is 0 Å². The molecule has 2 radical (unpaired) electrons. The Hall–Kier alpha value is -1.29. The van der Waals surface area contributed by atoms with E-state index in [2.05, 4.69) is 0 Å². The van der Waals surface area contributed by atoms with E-state index in [1.165, 1.54) is 6.92 Å². The second kappa shape index (κ2) is 4.81. The fourth-order valence-corrected chi connectivity index (χ4v) is 1.15. The summed E-state index contributed by atoms with van der Waals surface area (Å²) in [5.74, 6) is -0.335. The highest BCUT2D eigenvalue weighted by Crippen LogP contribution is 2.04. The normalized spacial score (nSPS) is 9.86. The number of aliphatic hydroxyl groups is 1. The fourth-order valence-electron chi connectivity index (χ4n) is 1.15. The molecule has 0 aliphatic carbocycles. The lowest BCUT2D eigenvalue weighted by atomic mass is 9.92. The van der Waals surface area contributed by atoms with Crippen molar-refractivity contribution < 1.29 is 14.6 Å². The number of carbonyl (C=O) groups is 1. The van der Waals surface area contributed by atoms with Gasteiger partial charge in [0.25, 0.3) is 0 Å². The number of hydrogen-bond acceptors (Lipinski definition) is 3. The molecule has 0 aromatic heterocycles. The van der Waals surface area contributed by atoms with Crippen molar-refractivity contribution in [3.05, 3.63) is 29.3 Å². The van der Waals surface area contributed by atoms with Gasteiger partial charge in [-0.1, -0.05) is 23.7 Å². The van der Waals surface area contributed by atoms with Gasteiger partial charge in [-0.05, 0) is 11.1 Å². The summed E-state index contributed by atoms with van der Waals surface area (Å²) in [5.41, 5.74) is 2.05. The smallest absolute Gasteiger partial charge is 0.302 e. The first kappa shape index (κ1) is 10.8. The largest absolute Gasteiger partial charge is 0.461 e. The lowest BCUT2D eigenvalue weighted by Crippen LogP contribution is -2.08. The van der Waals surface area contributed by atoms with Crippen molar-refractivity contribution in [1.82, 2.24) is 0 Å². The van der Waals surface area contributed by atoms with Crippen LogP contribution in [0.3, 0.4) is 0 Å². The van der Waals surface area contributed by atoms with E-state index in [9.17, 15) is 4.79 Å². The number of aliphatic hydroxyl groups excluding tert-OH is 1. The Morgan fingerprint density at radius 1 is 1.43 bits per heavy atom. The zero-order valence-corrected chi connectivity index (χ0v) is 7.99. The molecule has 0 amide bonds. The summed E-state index contributed by atoms with van der Waals surface area (Å²) in [6.07, 6.45) is 0. The minimum atomic E-state index is -0.335. The second-order valence-corrected chi connectivity index (χ2v) is 3.02. The molecule has 1 rings (SSSR count). The first-order valence-corrected chi connectivity index (χ1v) is 4.24. The quantitative estimate of drug-likeness (QED) is 0.540. The van der Waals surface area contributed by atoms with Crippen LogP contribution in [0.2, 0.25) is 0 Å². The molecule has 0 fully saturated rings. The van der Waals surface area contributed by atoms with Gasteiger partial charge in [0.2, 0.25) is 0 Å². The van der Waals surface area contributed by atoms with Gasteiger partial charge in [-0.25, -0.2) is 0 Å². The van der Waals surface area contributed by atoms with Crippen LogP contribution in [0.5, 0.6) is 0 Å². The van der Waals surface area contributed by atoms with E-state index < -0.39 is 0 Å². The molecule has 0 saturated heterocycles. The predicted octanol–water partition coefficient (Wildman–Crippen LogP) is 0.0358. The number of rotatable bonds is 3. The van der Waals surface area contributed by atoms with E-state index >= 15 is 0 Å². The SMILES string of the molecule is [B]c1cc(CO)cc(COC(C)=O)c1. The Balaban J connectivity index is 2.76. The molecular formula is C10H11BO3. The van der Waals surface area contributed by atoms with Gasteiger partial charge >= 0.3 is 5.97 Å². The lowest BCUT2D eigenvalue weighted by Gasteiger charge is -2.06. The molecule has 3 nitrogen and oxygen atoms in total. The number of benzene rings is 1. The zero-order valence-electron chi connectivity index (χ0n) is 7.99. The first-order chi connectivity index (χ1) is 6.61. The van der Waals surface area contributed by atoms with Crippen molar-refractivity contribution in [1.29, 1.82) is 0 Å². The molecule has 0 bridgehead atoms. The average Bonchev–Trinajstić information content (AvgIpc) is 2.14. The van der Waals surface area contributed by atoms with Gasteiger partial charge in [0.1, 0.15) is 14.5 Å². The third kappa shape index (κ3) is 3.22. The molecule has 0 spiro atoms. The molecule has 1 N–H and O–H groups in total. The van der Waals surface area contributed by atoms with E-state index in [0.717, 1.165) is 5.56 Å². The standard InChI is InChI=1S/C10H11BO3/c1-7(13)14-6-9-2-8(5-12)3-10(11)4-9/h2-4,12H,5-6H2,1H3. The van der Waals surface area contributed by atoms with Crippen LogP contribution in [0.4, 0.5) is 0 Å². The summed E-state index contributed by atoms with van der Waals surface area (Å²) in [4.78, 5) is 10.6.